The van der Waals surface area contributed by atoms with E-state index in [-0.39, 0.29) is 0 Å². The molecular formula is C15H30O2. The molecule has 0 aromatic rings. The summed E-state index contributed by atoms with van der Waals surface area (Å²) >= 11 is 0. The Morgan fingerprint density at radius 1 is 1.29 bits per heavy atom. The van der Waals surface area contributed by atoms with Gasteiger partial charge in [-0.2, -0.15) is 0 Å². The largest absolute Gasteiger partial charge is 0.390 e. The van der Waals surface area contributed by atoms with Gasteiger partial charge < -0.3 is 9.84 Å². The Hall–Kier alpha value is -0.0800. The van der Waals surface area contributed by atoms with E-state index in [9.17, 15) is 5.11 Å². The van der Waals surface area contributed by atoms with Gasteiger partial charge in [0.2, 0.25) is 0 Å². The fraction of sp³-hybridized carbons (Fsp3) is 1.00. The second-order valence-electron chi connectivity index (χ2n) is 6.44. The number of methoxy groups -OCH3 is 1. The van der Waals surface area contributed by atoms with Gasteiger partial charge >= 0.3 is 0 Å². The van der Waals surface area contributed by atoms with Crippen molar-refractivity contribution in [2.45, 2.75) is 71.3 Å². The quantitative estimate of drug-likeness (QED) is 0.718. The first-order valence-corrected chi connectivity index (χ1v) is 7.15. The van der Waals surface area contributed by atoms with Gasteiger partial charge in [0.15, 0.2) is 0 Å². The van der Waals surface area contributed by atoms with Crippen molar-refractivity contribution in [2.24, 2.45) is 11.3 Å². The van der Waals surface area contributed by atoms with Crippen LogP contribution in [0.5, 0.6) is 0 Å². The van der Waals surface area contributed by atoms with Gasteiger partial charge in [0.1, 0.15) is 0 Å². The molecule has 0 atom stereocenters. The number of hydrogen-bond donors (Lipinski definition) is 1. The molecule has 1 saturated carbocycles. The van der Waals surface area contributed by atoms with Crippen molar-refractivity contribution >= 4 is 0 Å². The number of hydrogen-bond acceptors (Lipinski definition) is 2. The fourth-order valence-corrected chi connectivity index (χ4v) is 3.02. The Bertz CT molecular complexity index is 215. The van der Waals surface area contributed by atoms with E-state index in [0.29, 0.717) is 5.41 Å². The van der Waals surface area contributed by atoms with Crippen molar-refractivity contribution in [1.82, 2.24) is 0 Å². The predicted octanol–water partition coefficient (Wildman–Crippen LogP) is 3.77. The van der Waals surface area contributed by atoms with Gasteiger partial charge in [-0.05, 0) is 49.9 Å². The highest BCUT2D eigenvalue weighted by atomic mass is 16.5. The Morgan fingerprint density at radius 3 is 2.35 bits per heavy atom. The van der Waals surface area contributed by atoms with E-state index >= 15 is 0 Å². The lowest BCUT2D eigenvalue weighted by atomic mass is 9.66. The molecule has 2 nitrogen and oxygen atoms in total. The van der Waals surface area contributed by atoms with Crippen molar-refractivity contribution < 1.29 is 9.84 Å². The molecule has 1 rings (SSSR count). The zero-order valence-electron chi connectivity index (χ0n) is 12.1. The molecule has 1 aliphatic carbocycles. The van der Waals surface area contributed by atoms with Crippen molar-refractivity contribution in [3.63, 3.8) is 0 Å². The summed E-state index contributed by atoms with van der Waals surface area (Å²) < 4.78 is 5.06. The zero-order chi connectivity index (χ0) is 12.9. The molecule has 1 N–H and O–H groups in total. The van der Waals surface area contributed by atoms with Crippen LogP contribution >= 0.6 is 0 Å². The standard InChI is InChI=1S/C15H30O2/c1-5-14(2,3)13-7-10-15(16,11-8-13)9-6-12-17-4/h13,16H,5-12H2,1-4H3. The van der Waals surface area contributed by atoms with E-state index in [1.165, 1.54) is 19.3 Å². The highest BCUT2D eigenvalue weighted by molar-refractivity contribution is 4.89. The zero-order valence-corrected chi connectivity index (χ0v) is 12.1. The molecule has 0 aromatic heterocycles. The molecule has 2 heteroatoms. The van der Waals surface area contributed by atoms with E-state index in [1.807, 2.05) is 0 Å². The van der Waals surface area contributed by atoms with Crippen LogP contribution in [0.25, 0.3) is 0 Å². The molecule has 0 spiro atoms. The fourth-order valence-electron chi connectivity index (χ4n) is 3.02. The average molecular weight is 242 g/mol. The first-order valence-electron chi connectivity index (χ1n) is 7.15. The average Bonchev–Trinajstić information content (AvgIpc) is 2.30. The molecule has 0 bridgehead atoms. The normalized spacial score (nSPS) is 30.5. The van der Waals surface area contributed by atoms with E-state index < -0.39 is 5.60 Å². The van der Waals surface area contributed by atoms with Crippen LogP contribution in [0.15, 0.2) is 0 Å². The van der Waals surface area contributed by atoms with E-state index in [1.54, 1.807) is 7.11 Å². The van der Waals surface area contributed by atoms with Crippen molar-refractivity contribution in [2.75, 3.05) is 13.7 Å². The molecule has 1 fully saturated rings. The third-order valence-corrected chi connectivity index (χ3v) is 4.92. The number of aliphatic hydroxyl groups is 1. The maximum Gasteiger partial charge on any atom is 0.0648 e. The highest BCUT2D eigenvalue weighted by Gasteiger charge is 2.37. The molecule has 0 aromatic carbocycles. The van der Waals surface area contributed by atoms with Crippen molar-refractivity contribution in [1.29, 1.82) is 0 Å². The van der Waals surface area contributed by atoms with E-state index in [0.717, 1.165) is 38.2 Å². The number of ether oxygens (including phenoxy) is 1. The molecule has 17 heavy (non-hydrogen) atoms. The van der Waals surface area contributed by atoms with E-state index in [4.69, 9.17) is 4.74 Å². The van der Waals surface area contributed by atoms with Gasteiger partial charge in [0.05, 0.1) is 5.60 Å². The van der Waals surface area contributed by atoms with Crippen LogP contribution < -0.4 is 0 Å². The van der Waals surface area contributed by atoms with Gasteiger partial charge in [-0.1, -0.05) is 27.2 Å². The van der Waals surface area contributed by atoms with Crippen LogP contribution in [0.2, 0.25) is 0 Å². The Kier molecular flexibility index (Phi) is 5.46. The van der Waals surface area contributed by atoms with Crippen LogP contribution in [0.4, 0.5) is 0 Å². The van der Waals surface area contributed by atoms with E-state index in [2.05, 4.69) is 20.8 Å². The molecule has 1 aliphatic rings. The molecular weight excluding hydrogens is 212 g/mol. The summed E-state index contributed by atoms with van der Waals surface area (Å²) in [5.41, 5.74) is 0.0344. The summed E-state index contributed by atoms with van der Waals surface area (Å²) in [5.74, 6) is 0.787. The van der Waals surface area contributed by atoms with Gasteiger partial charge in [-0.25, -0.2) is 0 Å². The topological polar surface area (TPSA) is 29.5 Å². The third-order valence-electron chi connectivity index (χ3n) is 4.92. The minimum Gasteiger partial charge on any atom is -0.390 e. The lowest BCUT2D eigenvalue weighted by Crippen LogP contribution is -2.38. The Morgan fingerprint density at radius 2 is 1.88 bits per heavy atom. The molecule has 0 radical (unpaired) electrons. The summed E-state index contributed by atoms with van der Waals surface area (Å²) in [6.07, 6.45) is 7.44. The van der Waals surface area contributed by atoms with Crippen molar-refractivity contribution in [3.05, 3.63) is 0 Å². The summed E-state index contributed by atoms with van der Waals surface area (Å²) in [6, 6.07) is 0. The Balaban J connectivity index is 2.38. The minimum atomic E-state index is -0.404. The molecule has 0 saturated heterocycles. The summed E-state index contributed by atoms with van der Waals surface area (Å²) in [4.78, 5) is 0. The molecule has 0 heterocycles. The van der Waals surface area contributed by atoms with Gasteiger partial charge in [0, 0.05) is 13.7 Å². The smallest absolute Gasteiger partial charge is 0.0648 e. The second kappa shape index (κ2) is 6.19. The summed E-state index contributed by atoms with van der Waals surface area (Å²) in [5, 5.41) is 10.5. The maximum absolute atomic E-state index is 10.5. The van der Waals surface area contributed by atoms with Crippen LogP contribution in [-0.2, 0) is 4.74 Å². The lowest BCUT2D eigenvalue weighted by Gasteiger charge is -2.42. The van der Waals surface area contributed by atoms with Gasteiger partial charge in [-0.15, -0.1) is 0 Å². The first-order chi connectivity index (χ1) is 7.93. The van der Waals surface area contributed by atoms with Gasteiger partial charge in [0.25, 0.3) is 0 Å². The Labute approximate surface area is 107 Å². The molecule has 0 amide bonds. The second-order valence-corrected chi connectivity index (χ2v) is 6.44. The molecule has 102 valence electrons. The van der Waals surface area contributed by atoms with Crippen LogP contribution in [0.1, 0.15) is 65.7 Å². The number of rotatable bonds is 6. The molecule has 0 aliphatic heterocycles. The third kappa shape index (κ3) is 4.26. The maximum atomic E-state index is 10.5. The first kappa shape index (κ1) is 15.0. The minimum absolute atomic E-state index is 0.404. The SMILES string of the molecule is CCC(C)(C)C1CCC(O)(CCCOC)CC1. The summed E-state index contributed by atoms with van der Waals surface area (Å²) in [7, 11) is 1.73. The van der Waals surface area contributed by atoms with Crippen LogP contribution in [0.3, 0.4) is 0 Å². The highest BCUT2D eigenvalue weighted by Crippen LogP contribution is 2.44. The predicted molar refractivity (Wildman–Crippen MR) is 72.1 cm³/mol. The lowest BCUT2D eigenvalue weighted by molar-refractivity contribution is -0.0385. The monoisotopic (exact) mass is 242 g/mol. The van der Waals surface area contributed by atoms with Crippen LogP contribution in [0, 0.1) is 11.3 Å². The van der Waals surface area contributed by atoms with Gasteiger partial charge in [-0.3, -0.25) is 0 Å². The molecule has 0 unspecified atom stereocenters. The summed E-state index contributed by atoms with van der Waals surface area (Å²) in [6.45, 7) is 7.78. The van der Waals surface area contributed by atoms with Crippen molar-refractivity contribution in [3.8, 4) is 0 Å². The van der Waals surface area contributed by atoms with Crippen LogP contribution in [-0.4, -0.2) is 24.4 Å².